The van der Waals surface area contributed by atoms with Gasteiger partial charge in [0.25, 0.3) is 0 Å². The summed E-state index contributed by atoms with van der Waals surface area (Å²) in [5, 5.41) is 0.549. The van der Waals surface area contributed by atoms with Gasteiger partial charge in [-0.1, -0.05) is 17.7 Å². The third kappa shape index (κ3) is 3.94. The van der Waals surface area contributed by atoms with Gasteiger partial charge in [-0.15, -0.1) is 4.98 Å². The second-order valence-corrected chi connectivity index (χ2v) is 4.53. The van der Waals surface area contributed by atoms with Gasteiger partial charge in [-0.2, -0.15) is 9.97 Å². The van der Waals surface area contributed by atoms with Crippen molar-refractivity contribution in [3.05, 3.63) is 29.3 Å². The first-order valence-electron chi connectivity index (χ1n) is 5.89. The molecule has 0 aliphatic carbocycles. The number of aromatic nitrogens is 3. The molecule has 0 saturated heterocycles. The molecule has 8 heteroatoms. The largest absolute Gasteiger partial charge is 0.461 e. The van der Waals surface area contributed by atoms with E-state index in [1.807, 2.05) is 13.8 Å². The van der Waals surface area contributed by atoms with Crippen molar-refractivity contribution in [3.8, 4) is 17.8 Å². The maximum atomic E-state index is 5.88. The summed E-state index contributed by atoms with van der Waals surface area (Å²) in [6, 6.07) is 7.05. The SMILES string of the molecule is CC(C)Oc1nc(NN)nc(Oc2cccc(Cl)c2)n1. The summed E-state index contributed by atoms with van der Waals surface area (Å²) in [7, 11) is 0. The molecule has 2 aromatic rings. The Kier molecular flexibility index (Phi) is 4.54. The summed E-state index contributed by atoms with van der Waals surface area (Å²) in [6.45, 7) is 3.72. The molecule has 0 unspecified atom stereocenters. The van der Waals surface area contributed by atoms with E-state index in [1.54, 1.807) is 24.3 Å². The molecule has 7 nitrogen and oxygen atoms in total. The van der Waals surface area contributed by atoms with Crippen LogP contribution in [0.15, 0.2) is 24.3 Å². The smallest absolute Gasteiger partial charge is 0.330 e. The molecule has 0 atom stereocenters. The third-order valence-electron chi connectivity index (χ3n) is 2.07. The van der Waals surface area contributed by atoms with Crippen LogP contribution >= 0.6 is 11.6 Å². The number of nitrogen functional groups attached to an aromatic ring is 1. The molecule has 0 bridgehead atoms. The second-order valence-electron chi connectivity index (χ2n) is 4.09. The number of hydrogen-bond donors (Lipinski definition) is 2. The van der Waals surface area contributed by atoms with Crippen LogP contribution in [-0.4, -0.2) is 21.1 Å². The number of ether oxygens (including phenoxy) is 2. The van der Waals surface area contributed by atoms with E-state index in [0.717, 1.165) is 0 Å². The summed E-state index contributed by atoms with van der Waals surface area (Å²) >= 11 is 5.88. The Balaban J connectivity index is 2.26. The first-order chi connectivity index (χ1) is 9.56. The minimum absolute atomic E-state index is 0.0610. The van der Waals surface area contributed by atoms with Gasteiger partial charge in [-0.25, -0.2) is 5.84 Å². The lowest BCUT2D eigenvalue weighted by Gasteiger charge is -2.10. The van der Waals surface area contributed by atoms with E-state index < -0.39 is 0 Å². The molecule has 0 saturated carbocycles. The van der Waals surface area contributed by atoms with Crippen molar-refractivity contribution in [2.45, 2.75) is 20.0 Å². The van der Waals surface area contributed by atoms with E-state index in [-0.39, 0.29) is 24.1 Å². The van der Waals surface area contributed by atoms with Crippen LogP contribution in [0.3, 0.4) is 0 Å². The van der Waals surface area contributed by atoms with Gasteiger partial charge in [0.1, 0.15) is 5.75 Å². The first-order valence-corrected chi connectivity index (χ1v) is 6.27. The van der Waals surface area contributed by atoms with Crippen LogP contribution in [0, 0.1) is 0 Å². The topological polar surface area (TPSA) is 95.2 Å². The van der Waals surface area contributed by atoms with Gasteiger partial charge in [-0.3, -0.25) is 5.43 Å². The van der Waals surface area contributed by atoms with E-state index >= 15 is 0 Å². The van der Waals surface area contributed by atoms with Crippen LogP contribution in [0.1, 0.15) is 13.8 Å². The Morgan fingerprint density at radius 3 is 2.60 bits per heavy atom. The Labute approximate surface area is 121 Å². The summed E-state index contributed by atoms with van der Waals surface area (Å²) < 4.78 is 10.9. The Bertz CT molecular complexity index is 594. The molecule has 1 heterocycles. The van der Waals surface area contributed by atoms with Crippen molar-refractivity contribution >= 4 is 17.5 Å². The van der Waals surface area contributed by atoms with Crippen molar-refractivity contribution < 1.29 is 9.47 Å². The van der Waals surface area contributed by atoms with Crippen molar-refractivity contribution in [2.75, 3.05) is 5.43 Å². The number of nitrogens with zero attached hydrogens (tertiary/aromatic N) is 3. The summed E-state index contributed by atoms with van der Waals surface area (Å²) in [5.41, 5.74) is 2.33. The maximum Gasteiger partial charge on any atom is 0.330 e. The predicted molar refractivity (Wildman–Crippen MR) is 74.9 cm³/mol. The molecule has 0 aliphatic heterocycles. The second kappa shape index (κ2) is 6.36. The fraction of sp³-hybridized carbons (Fsp3) is 0.250. The molecule has 2 rings (SSSR count). The normalized spacial score (nSPS) is 10.4. The van der Waals surface area contributed by atoms with E-state index in [2.05, 4.69) is 20.4 Å². The van der Waals surface area contributed by atoms with Gasteiger partial charge >= 0.3 is 12.0 Å². The highest BCUT2D eigenvalue weighted by molar-refractivity contribution is 6.30. The van der Waals surface area contributed by atoms with Gasteiger partial charge in [0.2, 0.25) is 5.95 Å². The fourth-order valence-electron chi connectivity index (χ4n) is 1.35. The van der Waals surface area contributed by atoms with E-state index in [4.69, 9.17) is 26.9 Å². The van der Waals surface area contributed by atoms with Crippen LogP contribution in [0.4, 0.5) is 5.95 Å². The van der Waals surface area contributed by atoms with Crippen molar-refractivity contribution in [1.82, 2.24) is 15.0 Å². The average molecular weight is 296 g/mol. The molecule has 0 amide bonds. The van der Waals surface area contributed by atoms with Crippen LogP contribution in [0.2, 0.25) is 5.02 Å². The number of benzene rings is 1. The minimum atomic E-state index is -0.0814. The molecule has 0 aliphatic rings. The Morgan fingerprint density at radius 2 is 1.95 bits per heavy atom. The standard InChI is InChI=1S/C12H14ClN5O2/c1-7(2)19-11-15-10(18-14)16-12(17-11)20-9-5-3-4-8(13)6-9/h3-7H,14H2,1-2H3,(H,15,16,17,18). The number of anilines is 1. The van der Waals surface area contributed by atoms with Crippen molar-refractivity contribution in [1.29, 1.82) is 0 Å². The quantitative estimate of drug-likeness (QED) is 0.646. The number of halogens is 1. The molecular weight excluding hydrogens is 282 g/mol. The Morgan fingerprint density at radius 1 is 1.20 bits per heavy atom. The number of hydrazine groups is 1. The van der Waals surface area contributed by atoms with Gasteiger partial charge in [0, 0.05) is 5.02 Å². The van der Waals surface area contributed by atoms with E-state index in [1.165, 1.54) is 0 Å². The number of hydrogen-bond acceptors (Lipinski definition) is 7. The third-order valence-corrected chi connectivity index (χ3v) is 2.30. The predicted octanol–water partition coefficient (Wildman–Crippen LogP) is 2.39. The van der Waals surface area contributed by atoms with Gasteiger partial charge in [-0.05, 0) is 32.0 Å². The molecule has 1 aromatic carbocycles. The summed E-state index contributed by atoms with van der Waals surface area (Å²) in [5.74, 6) is 5.95. The maximum absolute atomic E-state index is 5.88. The molecule has 1 aromatic heterocycles. The van der Waals surface area contributed by atoms with E-state index in [9.17, 15) is 0 Å². The lowest BCUT2D eigenvalue weighted by molar-refractivity contribution is 0.218. The number of rotatable bonds is 5. The van der Waals surface area contributed by atoms with E-state index in [0.29, 0.717) is 10.8 Å². The molecule has 0 spiro atoms. The fourth-order valence-corrected chi connectivity index (χ4v) is 1.53. The van der Waals surface area contributed by atoms with Crippen LogP contribution in [-0.2, 0) is 0 Å². The molecule has 20 heavy (non-hydrogen) atoms. The van der Waals surface area contributed by atoms with Gasteiger partial charge in [0.15, 0.2) is 0 Å². The number of nitrogens with two attached hydrogens (primary N) is 1. The van der Waals surface area contributed by atoms with Crippen LogP contribution in [0.25, 0.3) is 0 Å². The van der Waals surface area contributed by atoms with Gasteiger partial charge < -0.3 is 9.47 Å². The lowest BCUT2D eigenvalue weighted by atomic mass is 10.3. The molecule has 0 fully saturated rings. The Hall–Kier alpha value is -2.12. The number of nitrogens with one attached hydrogen (secondary N) is 1. The summed E-state index contributed by atoms with van der Waals surface area (Å²) in [4.78, 5) is 12.0. The highest BCUT2D eigenvalue weighted by atomic mass is 35.5. The minimum Gasteiger partial charge on any atom is -0.461 e. The molecule has 106 valence electrons. The lowest BCUT2D eigenvalue weighted by Crippen LogP contribution is -2.14. The molecular formula is C12H14ClN5O2. The monoisotopic (exact) mass is 295 g/mol. The van der Waals surface area contributed by atoms with Crippen molar-refractivity contribution in [2.24, 2.45) is 5.84 Å². The molecule has 0 radical (unpaired) electrons. The average Bonchev–Trinajstić information content (AvgIpc) is 2.37. The highest BCUT2D eigenvalue weighted by Crippen LogP contribution is 2.23. The summed E-state index contributed by atoms with van der Waals surface area (Å²) in [6.07, 6.45) is -0.0814. The van der Waals surface area contributed by atoms with Crippen LogP contribution in [0.5, 0.6) is 17.8 Å². The van der Waals surface area contributed by atoms with Crippen molar-refractivity contribution in [3.63, 3.8) is 0 Å². The van der Waals surface area contributed by atoms with Crippen LogP contribution < -0.4 is 20.7 Å². The van der Waals surface area contributed by atoms with Gasteiger partial charge in [0.05, 0.1) is 6.10 Å². The first kappa shape index (κ1) is 14.3. The zero-order valence-corrected chi connectivity index (χ0v) is 11.8. The zero-order valence-electron chi connectivity index (χ0n) is 11.0. The zero-order chi connectivity index (χ0) is 14.5. The molecule has 3 N–H and O–H groups in total. The highest BCUT2D eigenvalue weighted by Gasteiger charge is 2.10.